The number of anilines is 1. The van der Waals surface area contributed by atoms with Crippen LogP contribution in [0.25, 0.3) is 10.2 Å². The van der Waals surface area contributed by atoms with Crippen LogP contribution < -0.4 is 5.32 Å². The first kappa shape index (κ1) is 16.6. The smallest absolute Gasteiger partial charge is 0.236 e. The summed E-state index contributed by atoms with van der Waals surface area (Å²) in [5.41, 5.74) is 2.70. The summed E-state index contributed by atoms with van der Waals surface area (Å²) in [7, 11) is 0. The van der Waals surface area contributed by atoms with E-state index in [-0.39, 0.29) is 5.91 Å². The molecule has 0 spiro atoms. The molecule has 1 aliphatic rings. The Hall–Kier alpha value is -1.91. The Morgan fingerprint density at radius 2 is 1.88 bits per heavy atom. The molecule has 1 heterocycles. The molecule has 1 aliphatic carbocycles. The molecule has 3 nitrogen and oxygen atoms in total. The molecule has 5 heteroatoms. The summed E-state index contributed by atoms with van der Waals surface area (Å²) in [6, 6.07) is 13.8. The zero-order valence-corrected chi connectivity index (χ0v) is 15.6. The van der Waals surface area contributed by atoms with E-state index in [1.807, 2.05) is 36.4 Å². The standard InChI is InChI=1S/C20H19ClN2OS/c1-13-4-9-16-17(12-13)25-19(22-16)23-18(24)20(10-2-3-11-20)14-5-7-15(21)8-6-14/h4-9,12H,2-3,10-11H2,1H3,(H,22,23,24). The first-order valence-corrected chi connectivity index (χ1v) is 9.71. The van der Waals surface area contributed by atoms with Gasteiger partial charge in [0.05, 0.1) is 15.6 Å². The van der Waals surface area contributed by atoms with E-state index in [2.05, 4.69) is 23.3 Å². The lowest BCUT2D eigenvalue weighted by atomic mass is 9.78. The molecule has 2 aromatic carbocycles. The third kappa shape index (κ3) is 3.05. The lowest BCUT2D eigenvalue weighted by molar-refractivity contribution is -0.121. The van der Waals surface area contributed by atoms with Crippen LogP contribution in [0.2, 0.25) is 5.02 Å². The number of aryl methyl sites for hydroxylation is 1. The maximum absolute atomic E-state index is 13.2. The predicted octanol–water partition coefficient (Wildman–Crippen LogP) is 5.71. The van der Waals surface area contributed by atoms with Gasteiger partial charge in [-0.1, -0.05) is 54.0 Å². The van der Waals surface area contributed by atoms with Crippen molar-refractivity contribution in [2.45, 2.75) is 38.0 Å². The third-order valence-electron chi connectivity index (χ3n) is 5.05. The van der Waals surface area contributed by atoms with Gasteiger partial charge in [0.2, 0.25) is 5.91 Å². The van der Waals surface area contributed by atoms with E-state index in [1.54, 1.807) is 0 Å². The minimum absolute atomic E-state index is 0.0445. The van der Waals surface area contributed by atoms with Crippen LogP contribution in [0, 0.1) is 6.92 Å². The molecule has 25 heavy (non-hydrogen) atoms. The maximum Gasteiger partial charge on any atom is 0.236 e. The number of hydrogen-bond donors (Lipinski definition) is 1. The molecular weight excluding hydrogens is 352 g/mol. The second kappa shape index (κ2) is 6.43. The Balaban J connectivity index is 1.65. The average molecular weight is 371 g/mol. The summed E-state index contributed by atoms with van der Waals surface area (Å²) >= 11 is 7.55. The van der Waals surface area contributed by atoms with E-state index in [0.717, 1.165) is 41.5 Å². The fraction of sp³-hybridized carbons (Fsp3) is 0.300. The normalized spacial score (nSPS) is 16.2. The lowest BCUT2D eigenvalue weighted by Crippen LogP contribution is -2.37. The van der Waals surface area contributed by atoms with Crippen molar-refractivity contribution in [1.29, 1.82) is 0 Å². The first-order chi connectivity index (χ1) is 12.1. The van der Waals surface area contributed by atoms with Crippen molar-refractivity contribution in [1.82, 2.24) is 4.98 Å². The summed E-state index contributed by atoms with van der Waals surface area (Å²) in [5, 5.41) is 4.45. The Bertz CT molecular complexity index is 927. The largest absolute Gasteiger partial charge is 0.301 e. The van der Waals surface area contributed by atoms with Gasteiger partial charge in [0.1, 0.15) is 0 Å². The predicted molar refractivity (Wildman–Crippen MR) is 105 cm³/mol. The Morgan fingerprint density at radius 1 is 1.16 bits per heavy atom. The number of rotatable bonds is 3. The molecule has 3 aromatic rings. The Morgan fingerprint density at radius 3 is 2.60 bits per heavy atom. The number of amides is 1. The van der Waals surface area contributed by atoms with E-state index < -0.39 is 5.41 Å². The zero-order valence-electron chi connectivity index (χ0n) is 14.0. The number of aromatic nitrogens is 1. The minimum atomic E-state index is -0.474. The summed E-state index contributed by atoms with van der Waals surface area (Å²) in [6.07, 6.45) is 3.86. The topological polar surface area (TPSA) is 42.0 Å². The van der Waals surface area contributed by atoms with Gasteiger partial charge in [-0.3, -0.25) is 4.79 Å². The fourth-order valence-corrected chi connectivity index (χ4v) is 4.78. The highest BCUT2D eigenvalue weighted by atomic mass is 35.5. The monoisotopic (exact) mass is 370 g/mol. The molecule has 0 aliphatic heterocycles. The van der Waals surface area contributed by atoms with Crippen molar-refractivity contribution >= 4 is 44.2 Å². The molecule has 1 saturated carbocycles. The van der Waals surface area contributed by atoms with Crippen LogP contribution in [-0.4, -0.2) is 10.9 Å². The lowest BCUT2D eigenvalue weighted by Gasteiger charge is -2.27. The summed E-state index contributed by atoms with van der Waals surface area (Å²) in [5.74, 6) is 0.0445. The van der Waals surface area contributed by atoms with E-state index >= 15 is 0 Å². The summed E-state index contributed by atoms with van der Waals surface area (Å²) in [4.78, 5) is 17.8. The van der Waals surface area contributed by atoms with Gasteiger partial charge in [0, 0.05) is 5.02 Å². The van der Waals surface area contributed by atoms with Crippen LogP contribution in [0.4, 0.5) is 5.13 Å². The van der Waals surface area contributed by atoms with Gasteiger partial charge in [-0.2, -0.15) is 0 Å². The number of carbonyl (C=O) groups excluding carboxylic acids is 1. The highest BCUT2D eigenvalue weighted by Gasteiger charge is 2.42. The van der Waals surface area contributed by atoms with Crippen LogP contribution in [0.15, 0.2) is 42.5 Å². The number of nitrogens with one attached hydrogen (secondary N) is 1. The second-order valence-electron chi connectivity index (χ2n) is 6.74. The summed E-state index contributed by atoms with van der Waals surface area (Å²) < 4.78 is 1.10. The van der Waals surface area contributed by atoms with Gasteiger partial charge in [-0.15, -0.1) is 0 Å². The highest BCUT2D eigenvalue weighted by Crippen LogP contribution is 2.42. The molecule has 1 N–H and O–H groups in total. The van der Waals surface area contributed by atoms with Crippen molar-refractivity contribution in [3.8, 4) is 0 Å². The molecule has 0 atom stereocenters. The molecule has 0 bridgehead atoms. The molecule has 1 aromatic heterocycles. The number of fused-ring (bicyclic) bond motifs is 1. The molecule has 0 saturated heterocycles. The number of nitrogens with zero attached hydrogens (tertiary/aromatic N) is 1. The molecule has 1 fully saturated rings. The number of carbonyl (C=O) groups is 1. The van der Waals surface area contributed by atoms with Gasteiger partial charge < -0.3 is 5.32 Å². The highest BCUT2D eigenvalue weighted by molar-refractivity contribution is 7.22. The first-order valence-electron chi connectivity index (χ1n) is 8.52. The van der Waals surface area contributed by atoms with Crippen molar-refractivity contribution < 1.29 is 4.79 Å². The van der Waals surface area contributed by atoms with E-state index in [0.29, 0.717) is 10.2 Å². The summed E-state index contributed by atoms with van der Waals surface area (Å²) in [6.45, 7) is 2.06. The number of benzene rings is 2. The average Bonchev–Trinajstić information content (AvgIpc) is 3.22. The zero-order chi connectivity index (χ0) is 17.4. The van der Waals surface area contributed by atoms with E-state index in [1.165, 1.54) is 16.9 Å². The van der Waals surface area contributed by atoms with Gasteiger partial charge >= 0.3 is 0 Å². The molecule has 0 radical (unpaired) electrons. The maximum atomic E-state index is 13.2. The van der Waals surface area contributed by atoms with Crippen LogP contribution in [0.5, 0.6) is 0 Å². The van der Waals surface area contributed by atoms with Crippen LogP contribution in [0.3, 0.4) is 0 Å². The van der Waals surface area contributed by atoms with Crippen molar-refractivity contribution in [3.05, 3.63) is 58.6 Å². The number of thiazole rings is 1. The Labute approximate surface area is 156 Å². The van der Waals surface area contributed by atoms with Gasteiger partial charge in [-0.25, -0.2) is 4.98 Å². The molecular formula is C20H19ClN2OS. The number of hydrogen-bond acceptors (Lipinski definition) is 3. The minimum Gasteiger partial charge on any atom is -0.301 e. The molecule has 1 amide bonds. The van der Waals surface area contributed by atoms with Crippen LogP contribution >= 0.6 is 22.9 Å². The molecule has 128 valence electrons. The quantitative estimate of drug-likeness (QED) is 0.641. The van der Waals surface area contributed by atoms with Crippen LogP contribution in [0.1, 0.15) is 36.8 Å². The van der Waals surface area contributed by atoms with Gasteiger partial charge in [0.15, 0.2) is 5.13 Å². The van der Waals surface area contributed by atoms with E-state index in [4.69, 9.17) is 11.6 Å². The SMILES string of the molecule is Cc1ccc2nc(NC(=O)C3(c4ccc(Cl)cc4)CCCC3)sc2c1. The van der Waals surface area contributed by atoms with Gasteiger partial charge in [-0.05, 0) is 55.2 Å². The van der Waals surface area contributed by atoms with Crippen molar-refractivity contribution in [2.24, 2.45) is 0 Å². The van der Waals surface area contributed by atoms with Crippen molar-refractivity contribution in [2.75, 3.05) is 5.32 Å². The fourth-order valence-electron chi connectivity index (χ4n) is 3.70. The second-order valence-corrected chi connectivity index (χ2v) is 8.21. The Kier molecular flexibility index (Phi) is 4.26. The van der Waals surface area contributed by atoms with E-state index in [9.17, 15) is 4.79 Å². The van der Waals surface area contributed by atoms with Gasteiger partial charge in [0.25, 0.3) is 0 Å². The van der Waals surface area contributed by atoms with Crippen molar-refractivity contribution in [3.63, 3.8) is 0 Å². The molecule has 0 unspecified atom stereocenters. The number of halogens is 1. The van der Waals surface area contributed by atoms with Crippen LogP contribution in [-0.2, 0) is 10.2 Å². The molecule has 4 rings (SSSR count). The third-order valence-corrected chi connectivity index (χ3v) is 6.24.